The number of ether oxygens (including phenoxy) is 2. The summed E-state index contributed by atoms with van der Waals surface area (Å²) in [5.41, 5.74) is 0.133. The summed E-state index contributed by atoms with van der Waals surface area (Å²) in [6, 6.07) is 0.368. The second-order valence-corrected chi connectivity index (χ2v) is 6.20. The molecule has 1 heterocycles. The highest BCUT2D eigenvalue weighted by Crippen LogP contribution is 2.25. The molecular formula is C16H34N2O2. The van der Waals surface area contributed by atoms with E-state index in [1.165, 1.54) is 0 Å². The first kappa shape index (κ1) is 17.9. The van der Waals surface area contributed by atoms with Crippen LogP contribution >= 0.6 is 0 Å². The van der Waals surface area contributed by atoms with Crippen molar-refractivity contribution in [2.24, 2.45) is 0 Å². The highest BCUT2D eigenvalue weighted by Gasteiger charge is 2.38. The molecule has 1 aliphatic heterocycles. The summed E-state index contributed by atoms with van der Waals surface area (Å²) in [4.78, 5) is 2.58. The van der Waals surface area contributed by atoms with Crippen LogP contribution in [-0.4, -0.2) is 62.0 Å². The Balaban J connectivity index is 2.74. The van der Waals surface area contributed by atoms with E-state index in [-0.39, 0.29) is 11.6 Å². The zero-order valence-electron chi connectivity index (χ0n) is 14.1. The number of nitrogens with zero attached hydrogens (tertiary/aromatic N) is 1. The first-order valence-corrected chi connectivity index (χ1v) is 8.22. The molecule has 1 aliphatic rings. The lowest BCUT2D eigenvalue weighted by Gasteiger charge is -2.48. The molecule has 0 aromatic rings. The van der Waals surface area contributed by atoms with Crippen LogP contribution < -0.4 is 5.32 Å². The molecule has 0 saturated carbocycles. The standard InChI is InChI=1S/C16H34N2O2/c1-6-8-17-15(13-20-14(3)4)16(5,7-2)18-9-11-19-12-10-18/h14-15,17H,6-13H2,1-5H3. The van der Waals surface area contributed by atoms with Crippen molar-refractivity contribution in [2.45, 2.75) is 65.1 Å². The average molecular weight is 286 g/mol. The predicted molar refractivity (Wildman–Crippen MR) is 84.3 cm³/mol. The van der Waals surface area contributed by atoms with Crippen molar-refractivity contribution in [3.63, 3.8) is 0 Å². The molecular weight excluding hydrogens is 252 g/mol. The quantitative estimate of drug-likeness (QED) is 0.705. The molecule has 0 aromatic heterocycles. The van der Waals surface area contributed by atoms with Gasteiger partial charge in [-0.3, -0.25) is 4.90 Å². The molecule has 0 aliphatic carbocycles. The van der Waals surface area contributed by atoms with Crippen molar-refractivity contribution >= 4 is 0 Å². The average Bonchev–Trinajstić information content (AvgIpc) is 2.47. The Hall–Kier alpha value is -0.160. The van der Waals surface area contributed by atoms with Crippen LogP contribution in [0.15, 0.2) is 0 Å². The van der Waals surface area contributed by atoms with E-state index < -0.39 is 0 Å². The maximum Gasteiger partial charge on any atom is 0.0641 e. The zero-order valence-corrected chi connectivity index (χ0v) is 14.1. The van der Waals surface area contributed by atoms with Gasteiger partial charge in [-0.1, -0.05) is 13.8 Å². The number of morpholine rings is 1. The van der Waals surface area contributed by atoms with Gasteiger partial charge in [-0.05, 0) is 40.2 Å². The summed E-state index contributed by atoms with van der Waals surface area (Å²) in [6.07, 6.45) is 2.56. The lowest BCUT2D eigenvalue weighted by molar-refractivity contribution is -0.0523. The molecule has 0 amide bonds. The van der Waals surface area contributed by atoms with Gasteiger partial charge in [0.2, 0.25) is 0 Å². The summed E-state index contributed by atoms with van der Waals surface area (Å²) in [6.45, 7) is 16.6. The van der Waals surface area contributed by atoms with Crippen molar-refractivity contribution in [3.8, 4) is 0 Å². The molecule has 1 N–H and O–H groups in total. The fourth-order valence-electron chi connectivity index (χ4n) is 2.83. The minimum atomic E-state index is 0.133. The van der Waals surface area contributed by atoms with Gasteiger partial charge in [-0.15, -0.1) is 0 Å². The molecule has 4 nitrogen and oxygen atoms in total. The molecule has 0 bridgehead atoms. The first-order chi connectivity index (χ1) is 9.54. The lowest BCUT2D eigenvalue weighted by atomic mass is 9.87. The molecule has 1 rings (SSSR count). The second kappa shape index (κ2) is 8.98. The van der Waals surface area contributed by atoms with E-state index >= 15 is 0 Å². The molecule has 1 saturated heterocycles. The van der Waals surface area contributed by atoms with Crippen LogP contribution in [-0.2, 0) is 9.47 Å². The Morgan fingerprint density at radius 1 is 1.25 bits per heavy atom. The van der Waals surface area contributed by atoms with Crippen molar-refractivity contribution in [1.29, 1.82) is 0 Å². The van der Waals surface area contributed by atoms with Gasteiger partial charge in [0, 0.05) is 24.7 Å². The Morgan fingerprint density at radius 2 is 1.90 bits per heavy atom. The van der Waals surface area contributed by atoms with Crippen LogP contribution in [0.25, 0.3) is 0 Å². The van der Waals surface area contributed by atoms with Gasteiger partial charge in [0.1, 0.15) is 0 Å². The Labute approximate surface area is 125 Å². The maximum atomic E-state index is 5.92. The molecule has 0 spiro atoms. The van der Waals surface area contributed by atoms with Gasteiger partial charge in [0.15, 0.2) is 0 Å². The van der Waals surface area contributed by atoms with Crippen LogP contribution in [0.4, 0.5) is 0 Å². The number of hydrogen-bond acceptors (Lipinski definition) is 4. The third kappa shape index (κ3) is 4.99. The minimum Gasteiger partial charge on any atom is -0.379 e. The van der Waals surface area contributed by atoms with Crippen molar-refractivity contribution in [3.05, 3.63) is 0 Å². The van der Waals surface area contributed by atoms with E-state index in [4.69, 9.17) is 9.47 Å². The normalized spacial score (nSPS) is 21.9. The lowest BCUT2D eigenvalue weighted by Crippen LogP contribution is -2.63. The topological polar surface area (TPSA) is 33.7 Å². The van der Waals surface area contributed by atoms with Gasteiger partial charge in [-0.25, -0.2) is 0 Å². The summed E-state index contributed by atoms with van der Waals surface area (Å²) in [7, 11) is 0. The zero-order chi connectivity index (χ0) is 15.0. The summed E-state index contributed by atoms with van der Waals surface area (Å²) in [5, 5.41) is 3.71. The molecule has 2 atom stereocenters. The van der Waals surface area contributed by atoms with E-state index in [2.05, 4.69) is 44.8 Å². The van der Waals surface area contributed by atoms with Crippen LogP contribution in [0, 0.1) is 0 Å². The molecule has 2 unspecified atom stereocenters. The van der Waals surface area contributed by atoms with Gasteiger partial charge in [-0.2, -0.15) is 0 Å². The molecule has 120 valence electrons. The smallest absolute Gasteiger partial charge is 0.0641 e. The van der Waals surface area contributed by atoms with E-state index in [1.807, 2.05) is 0 Å². The number of hydrogen-bond donors (Lipinski definition) is 1. The van der Waals surface area contributed by atoms with E-state index in [0.717, 1.165) is 52.3 Å². The Bertz CT molecular complexity index is 255. The summed E-state index contributed by atoms with van der Waals surface area (Å²) < 4.78 is 11.4. The van der Waals surface area contributed by atoms with Crippen LogP contribution in [0.1, 0.15) is 47.5 Å². The van der Waals surface area contributed by atoms with Crippen LogP contribution in [0.2, 0.25) is 0 Å². The molecule has 1 fully saturated rings. The Kier molecular flexibility index (Phi) is 8.03. The highest BCUT2D eigenvalue weighted by atomic mass is 16.5. The maximum absolute atomic E-state index is 5.92. The van der Waals surface area contributed by atoms with Crippen molar-refractivity contribution in [1.82, 2.24) is 10.2 Å². The molecule has 20 heavy (non-hydrogen) atoms. The van der Waals surface area contributed by atoms with E-state index in [0.29, 0.717) is 6.04 Å². The fraction of sp³-hybridized carbons (Fsp3) is 1.00. The highest BCUT2D eigenvalue weighted by molar-refractivity contribution is 4.97. The van der Waals surface area contributed by atoms with E-state index in [1.54, 1.807) is 0 Å². The number of rotatable bonds is 9. The SMILES string of the molecule is CCCNC(COC(C)C)C(C)(CC)N1CCOCC1. The van der Waals surface area contributed by atoms with Crippen molar-refractivity contribution < 1.29 is 9.47 Å². The van der Waals surface area contributed by atoms with Gasteiger partial charge < -0.3 is 14.8 Å². The van der Waals surface area contributed by atoms with Crippen LogP contribution in [0.3, 0.4) is 0 Å². The van der Waals surface area contributed by atoms with E-state index in [9.17, 15) is 0 Å². The third-order valence-electron chi connectivity index (χ3n) is 4.44. The Morgan fingerprint density at radius 3 is 2.40 bits per heavy atom. The van der Waals surface area contributed by atoms with Gasteiger partial charge in [0.25, 0.3) is 0 Å². The van der Waals surface area contributed by atoms with Gasteiger partial charge >= 0.3 is 0 Å². The van der Waals surface area contributed by atoms with Crippen LogP contribution in [0.5, 0.6) is 0 Å². The molecule has 0 aromatic carbocycles. The van der Waals surface area contributed by atoms with Gasteiger partial charge in [0.05, 0.1) is 25.9 Å². The fourth-order valence-corrected chi connectivity index (χ4v) is 2.83. The first-order valence-electron chi connectivity index (χ1n) is 8.22. The molecule has 0 radical (unpaired) electrons. The largest absolute Gasteiger partial charge is 0.379 e. The minimum absolute atomic E-state index is 0.133. The summed E-state index contributed by atoms with van der Waals surface area (Å²) in [5.74, 6) is 0. The second-order valence-electron chi connectivity index (χ2n) is 6.20. The number of nitrogens with one attached hydrogen (secondary N) is 1. The predicted octanol–water partition coefficient (Wildman–Crippen LogP) is 2.28. The van der Waals surface area contributed by atoms with Crippen molar-refractivity contribution in [2.75, 3.05) is 39.5 Å². The summed E-state index contributed by atoms with van der Waals surface area (Å²) >= 11 is 0. The molecule has 4 heteroatoms. The third-order valence-corrected chi connectivity index (χ3v) is 4.44. The monoisotopic (exact) mass is 286 g/mol.